The average Bonchev–Trinajstić information content (AvgIpc) is 2.46. The maximum absolute atomic E-state index is 10.8. The summed E-state index contributed by atoms with van der Waals surface area (Å²) in [6, 6.07) is 0.471. The number of aromatic nitrogens is 2. The molecule has 1 aliphatic heterocycles. The highest BCUT2D eigenvalue weighted by Crippen LogP contribution is 2.37. The lowest BCUT2D eigenvalue weighted by Gasteiger charge is -2.44. The molecule has 0 bridgehead atoms. The first-order valence-electron chi connectivity index (χ1n) is 7.20. The number of fused-ring (bicyclic) bond motifs is 1. The van der Waals surface area contributed by atoms with Gasteiger partial charge in [-0.05, 0) is 31.6 Å². The smallest absolute Gasteiger partial charge is 0.329 e. The van der Waals surface area contributed by atoms with Crippen molar-refractivity contribution in [2.75, 3.05) is 17.2 Å². The van der Waals surface area contributed by atoms with Crippen molar-refractivity contribution in [3.63, 3.8) is 0 Å². The fourth-order valence-electron chi connectivity index (χ4n) is 3.53. The summed E-state index contributed by atoms with van der Waals surface area (Å²) in [5.74, 6) is 1.21. The molecule has 108 valence electrons. The average molecular weight is 277 g/mol. The van der Waals surface area contributed by atoms with Gasteiger partial charge < -0.3 is 10.6 Å². The van der Waals surface area contributed by atoms with Crippen LogP contribution in [0.3, 0.4) is 0 Å². The first-order valence-corrected chi connectivity index (χ1v) is 7.20. The number of nitrogens with zero attached hydrogens (tertiary/aromatic N) is 4. The number of rotatable bonds is 2. The summed E-state index contributed by atoms with van der Waals surface area (Å²) >= 11 is 0. The first kappa shape index (κ1) is 13.1. The number of nitrogens with two attached hydrogens (primary N) is 1. The van der Waals surface area contributed by atoms with Crippen molar-refractivity contribution in [2.24, 2.45) is 5.92 Å². The van der Waals surface area contributed by atoms with Gasteiger partial charge in [0, 0.05) is 12.6 Å². The number of hydrogen-bond donors (Lipinski definition) is 1. The summed E-state index contributed by atoms with van der Waals surface area (Å²) in [6.07, 6.45) is 8.59. The monoisotopic (exact) mass is 277 g/mol. The Labute approximate surface area is 117 Å². The lowest BCUT2D eigenvalue weighted by Crippen LogP contribution is -2.47. The van der Waals surface area contributed by atoms with Gasteiger partial charge in [-0.3, -0.25) is 10.1 Å². The number of piperidine rings is 1. The number of hydrogen-bond acceptors (Lipinski definition) is 6. The van der Waals surface area contributed by atoms with E-state index in [0.717, 1.165) is 19.4 Å². The second-order valence-electron chi connectivity index (χ2n) is 5.65. The van der Waals surface area contributed by atoms with E-state index in [1.54, 1.807) is 0 Å². The second kappa shape index (κ2) is 5.22. The Hall–Kier alpha value is -1.92. The molecule has 7 nitrogen and oxygen atoms in total. The zero-order chi connectivity index (χ0) is 14.1. The van der Waals surface area contributed by atoms with Gasteiger partial charge >= 0.3 is 5.69 Å². The van der Waals surface area contributed by atoms with Gasteiger partial charge in [-0.15, -0.1) is 0 Å². The topological polar surface area (TPSA) is 98.2 Å². The first-order chi connectivity index (χ1) is 9.66. The summed E-state index contributed by atoms with van der Waals surface area (Å²) in [6.45, 7) is 0.915. The van der Waals surface area contributed by atoms with Crippen LogP contribution in [0.2, 0.25) is 0 Å². The predicted octanol–water partition coefficient (Wildman–Crippen LogP) is 2.13. The fourth-order valence-corrected chi connectivity index (χ4v) is 3.53. The number of nitrogen functional groups attached to an aromatic ring is 1. The molecule has 1 saturated heterocycles. The van der Waals surface area contributed by atoms with Crippen LogP contribution in [0, 0.1) is 16.0 Å². The summed E-state index contributed by atoms with van der Waals surface area (Å²) < 4.78 is 0. The Balaban J connectivity index is 1.87. The third-order valence-corrected chi connectivity index (χ3v) is 4.48. The summed E-state index contributed by atoms with van der Waals surface area (Å²) in [5, 5.41) is 10.8. The van der Waals surface area contributed by atoms with E-state index in [4.69, 9.17) is 5.73 Å². The van der Waals surface area contributed by atoms with Crippen LogP contribution in [0.15, 0.2) is 6.20 Å². The molecular weight excluding hydrogens is 258 g/mol. The van der Waals surface area contributed by atoms with E-state index in [1.807, 2.05) is 0 Å². The normalized spacial score (nSPS) is 26.1. The van der Waals surface area contributed by atoms with Gasteiger partial charge in [-0.1, -0.05) is 12.8 Å². The van der Waals surface area contributed by atoms with Gasteiger partial charge in [-0.2, -0.15) is 4.98 Å². The van der Waals surface area contributed by atoms with E-state index in [9.17, 15) is 10.1 Å². The third-order valence-electron chi connectivity index (χ3n) is 4.48. The van der Waals surface area contributed by atoms with E-state index in [1.165, 1.54) is 31.9 Å². The minimum atomic E-state index is -0.543. The molecule has 1 aromatic rings. The third kappa shape index (κ3) is 2.28. The van der Waals surface area contributed by atoms with E-state index < -0.39 is 4.92 Å². The Morgan fingerprint density at radius 2 is 2.05 bits per heavy atom. The summed E-state index contributed by atoms with van der Waals surface area (Å²) in [7, 11) is 0. The van der Waals surface area contributed by atoms with Gasteiger partial charge in [0.25, 0.3) is 0 Å². The van der Waals surface area contributed by atoms with Gasteiger partial charge in [0.05, 0.1) is 4.92 Å². The number of anilines is 2. The van der Waals surface area contributed by atoms with Crippen LogP contribution < -0.4 is 10.6 Å². The highest BCUT2D eigenvalue weighted by atomic mass is 16.6. The molecule has 3 rings (SSSR count). The maximum atomic E-state index is 10.8. The molecular formula is C13H19N5O2. The standard InChI is InChI=1S/C13H19N5O2/c14-12-11(18(19)20)8-15-13(16-12)17-7-3-5-9-4-1-2-6-10(9)17/h8-10H,1-7H2,(H2,14,15,16)/t9-,10-/m1/s1. The van der Waals surface area contributed by atoms with Crippen LogP contribution >= 0.6 is 0 Å². The van der Waals surface area contributed by atoms with Crippen molar-refractivity contribution >= 4 is 17.5 Å². The van der Waals surface area contributed by atoms with Crippen LogP contribution in [-0.4, -0.2) is 27.5 Å². The van der Waals surface area contributed by atoms with E-state index in [0.29, 0.717) is 17.9 Å². The van der Waals surface area contributed by atoms with Crippen LogP contribution in [0.5, 0.6) is 0 Å². The van der Waals surface area contributed by atoms with Crippen molar-refractivity contribution in [2.45, 2.75) is 44.6 Å². The Morgan fingerprint density at radius 3 is 2.80 bits per heavy atom. The molecule has 0 radical (unpaired) electrons. The van der Waals surface area contributed by atoms with Crippen LogP contribution in [-0.2, 0) is 0 Å². The van der Waals surface area contributed by atoms with E-state index >= 15 is 0 Å². The molecule has 0 unspecified atom stereocenters. The summed E-state index contributed by atoms with van der Waals surface area (Å²) in [5.41, 5.74) is 5.46. The highest BCUT2D eigenvalue weighted by molar-refractivity contribution is 5.54. The summed E-state index contributed by atoms with van der Waals surface area (Å²) in [4.78, 5) is 20.8. The van der Waals surface area contributed by atoms with Gasteiger partial charge in [0.15, 0.2) is 0 Å². The molecule has 1 aliphatic carbocycles. The van der Waals surface area contributed by atoms with Crippen molar-refractivity contribution in [3.05, 3.63) is 16.3 Å². The minimum absolute atomic E-state index is 0.0436. The molecule has 1 aromatic heterocycles. The zero-order valence-corrected chi connectivity index (χ0v) is 11.4. The molecule has 2 N–H and O–H groups in total. The fraction of sp³-hybridized carbons (Fsp3) is 0.692. The lowest BCUT2D eigenvalue weighted by molar-refractivity contribution is -0.384. The molecule has 0 aromatic carbocycles. The van der Waals surface area contributed by atoms with Crippen molar-refractivity contribution in [3.8, 4) is 0 Å². The van der Waals surface area contributed by atoms with Crippen LogP contribution in [0.25, 0.3) is 0 Å². The van der Waals surface area contributed by atoms with Gasteiger partial charge in [0.2, 0.25) is 11.8 Å². The Bertz CT molecular complexity index is 519. The van der Waals surface area contributed by atoms with Crippen molar-refractivity contribution < 1.29 is 4.92 Å². The molecule has 7 heteroatoms. The maximum Gasteiger partial charge on any atom is 0.329 e. The lowest BCUT2D eigenvalue weighted by atomic mass is 9.78. The largest absolute Gasteiger partial charge is 0.378 e. The quantitative estimate of drug-likeness (QED) is 0.656. The van der Waals surface area contributed by atoms with Crippen LogP contribution in [0.4, 0.5) is 17.5 Å². The number of nitro groups is 1. The van der Waals surface area contributed by atoms with Crippen LogP contribution in [0.1, 0.15) is 38.5 Å². The molecule has 2 fully saturated rings. The second-order valence-corrected chi connectivity index (χ2v) is 5.65. The molecule has 0 spiro atoms. The predicted molar refractivity (Wildman–Crippen MR) is 75.4 cm³/mol. The zero-order valence-electron chi connectivity index (χ0n) is 11.4. The van der Waals surface area contributed by atoms with Gasteiger partial charge in [-0.25, -0.2) is 4.98 Å². The molecule has 0 amide bonds. The van der Waals surface area contributed by atoms with Crippen molar-refractivity contribution in [1.29, 1.82) is 0 Å². The molecule has 1 saturated carbocycles. The Morgan fingerprint density at radius 1 is 1.30 bits per heavy atom. The molecule has 2 atom stereocenters. The minimum Gasteiger partial charge on any atom is -0.378 e. The molecule has 20 heavy (non-hydrogen) atoms. The van der Waals surface area contributed by atoms with E-state index in [-0.39, 0.29) is 11.5 Å². The van der Waals surface area contributed by atoms with Gasteiger partial charge in [0.1, 0.15) is 6.20 Å². The molecule has 2 heterocycles. The highest BCUT2D eigenvalue weighted by Gasteiger charge is 2.34. The van der Waals surface area contributed by atoms with E-state index in [2.05, 4.69) is 14.9 Å². The van der Waals surface area contributed by atoms with Crippen molar-refractivity contribution in [1.82, 2.24) is 9.97 Å². The molecule has 2 aliphatic rings. The Kier molecular flexibility index (Phi) is 3.42. The SMILES string of the molecule is Nc1nc(N2CCC[C@H]3CCCC[C@H]32)ncc1[N+](=O)[O-].